The Kier molecular flexibility index (Phi) is 5.56. The summed E-state index contributed by atoms with van der Waals surface area (Å²) in [4.78, 5) is 26.0. The largest absolute Gasteiger partial charge is 0.481 e. The molecular weight excluding hydrogens is 407 g/mol. The number of fused-ring (bicyclic) bond motifs is 1. The van der Waals surface area contributed by atoms with Gasteiger partial charge in [-0.15, -0.1) is 0 Å². The summed E-state index contributed by atoms with van der Waals surface area (Å²) >= 11 is 0. The Balaban J connectivity index is 1.73. The van der Waals surface area contributed by atoms with Crippen molar-refractivity contribution < 1.29 is 41.6 Å². The molecule has 0 spiro atoms. The van der Waals surface area contributed by atoms with Crippen molar-refractivity contribution in [2.45, 2.75) is 37.7 Å². The summed E-state index contributed by atoms with van der Waals surface area (Å²) in [5.74, 6) is -5.79. The normalized spacial score (nSPS) is 32.6. The first-order valence-corrected chi connectivity index (χ1v) is 9.68. The maximum absolute atomic E-state index is 14.8. The van der Waals surface area contributed by atoms with Crippen molar-refractivity contribution in [3.05, 3.63) is 22.7 Å². The topological polar surface area (TPSA) is 152 Å². The van der Waals surface area contributed by atoms with Crippen LogP contribution in [0, 0.1) is 5.92 Å². The van der Waals surface area contributed by atoms with E-state index in [1.54, 1.807) is 0 Å². The molecule has 3 heterocycles. The minimum absolute atomic E-state index is 0.0256. The molecule has 156 valence electrons. The highest BCUT2D eigenvalue weighted by Gasteiger charge is 2.65. The van der Waals surface area contributed by atoms with Crippen LogP contribution in [-0.2, 0) is 27.7 Å². The average molecular weight is 425 g/mol. The van der Waals surface area contributed by atoms with Crippen molar-refractivity contribution >= 4 is 19.6 Å². The van der Waals surface area contributed by atoms with E-state index in [0.717, 1.165) is 12.3 Å². The number of aromatic nitrogens is 2. The highest BCUT2D eigenvalue weighted by atomic mass is 31.2. The second-order valence-corrected chi connectivity index (χ2v) is 8.00. The lowest BCUT2D eigenvalue weighted by Crippen LogP contribution is -2.45. The number of hydrogen-bond donors (Lipinski definition) is 2. The number of anilines is 1. The molecule has 2 aliphatic rings. The molecule has 1 aromatic rings. The molecule has 1 unspecified atom stereocenters. The van der Waals surface area contributed by atoms with Crippen LogP contribution in [0.1, 0.15) is 19.6 Å². The van der Waals surface area contributed by atoms with Gasteiger partial charge in [0, 0.05) is 6.20 Å². The summed E-state index contributed by atoms with van der Waals surface area (Å²) < 4.78 is 62.6. The van der Waals surface area contributed by atoms with Gasteiger partial charge in [0.2, 0.25) is 6.23 Å². The molecule has 1 aromatic heterocycles. The van der Waals surface area contributed by atoms with Crippen molar-refractivity contribution in [2.75, 3.05) is 18.9 Å². The van der Waals surface area contributed by atoms with E-state index < -0.39 is 56.4 Å². The summed E-state index contributed by atoms with van der Waals surface area (Å²) in [6.07, 6.45) is -4.40. The average Bonchev–Trinajstić information content (AvgIpc) is 2.85. The number of nitrogens with two attached hydrogens (primary N) is 1. The third-order valence-corrected chi connectivity index (χ3v) is 5.76. The summed E-state index contributed by atoms with van der Waals surface area (Å²) in [6, 6.07) is 1.15. The van der Waals surface area contributed by atoms with Gasteiger partial charge in [0.05, 0.1) is 19.1 Å². The number of nitrogen functional groups attached to an aromatic ring is 1. The van der Waals surface area contributed by atoms with Crippen molar-refractivity contribution in [1.29, 1.82) is 0 Å². The molecule has 3 N–H and O–H groups in total. The van der Waals surface area contributed by atoms with Crippen molar-refractivity contribution in [3.8, 4) is 0 Å². The van der Waals surface area contributed by atoms with Gasteiger partial charge in [-0.05, 0) is 12.5 Å². The molecule has 2 fully saturated rings. The summed E-state index contributed by atoms with van der Waals surface area (Å²) in [5.41, 5.74) is 4.30. The predicted molar refractivity (Wildman–Crippen MR) is 87.6 cm³/mol. The zero-order valence-corrected chi connectivity index (χ0v) is 15.5. The number of alkyl halides is 2. The number of carboxylic acid groups (broad SMARTS) is 1. The van der Waals surface area contributed by atoms with Crippen LogP contribution in [0.5, 0.6) is 0 Å². The van der Waals surface area contributed by atoms with Crippen LogP contribution in [0.2, 0.25) is 0 Å². The maximum Gasteiger partial charge on any atom is 0.475 e. The highest BCUT2D eigenvalue weighted by Crippen LogP contribution is 2.59. The fourth-order valence-electron chi connectivity index (χ4n) is 2.70. The van der Waals surface area contributed by atoms with E-state index in [4.69, 9.17) is 29.1 Å². The molecular formula is C14H18F2N3O8P. The minimum atomic E-state index is -4.36. The monoisotopic (exact) mass is 425 g/mol. The van der Waals surface area contributed by atoms with E-state index in [9.17, 15) is 22.9 Å². The maximum atomic E-state index is 14.8. The number of carboxylic acids is 1. The number of carbonyl (C=O) groups is 1. The second-order valence-electron chi connectivity index (χ2n) is 6.37. The summed E-state index contributed by atoms with van der Waals surface area (Å²) in [5, 5.41) is 8.81. The van der Waals surface area contributed by atoms with Crippen molar-refractivity contribution in [3.63, 3.8) is 0 Å². The highest BCUT2D eigenvalue weighted by molar-refractivity contribution is 7.48. The van der Waals surface area contributed by atoms with Crippen molar-refractivity contribution in [1.82, 2.24) is 9.55 Å². The van der Waals surface area contributed by atoms with Crippen LogP contribution >= 0.6 is 7.82 Å². The van der Waals surface area contributed by atoms with E-state index >= 15 is 0 Å². The zero-order valence-electron chi connectivity index (χ0n) is 14.6. The molecule has 11 nitrogen and oxygen atoms in total. The molecule has 28 heavy (non-hydrogen) atoms. The Hall–Kier alpha value is -1.92. The van der Waals surface area contributed by atoms with Gasteiger partial charge >= 0.3 is 25.4 Å². The predicted octanol–water partition coefficient (Wildman–Crippen LogP) is 1.01. The number of nitrogens with zero attached hydrogens (tertiary/aromatic N) is 2. The minimum Gasteiger partial charge on any atom is -0.481 e. The first-order chi connectivity index (χ1) is 13.0. The van der Waals surface area contributed by atoms with Gasteiger partial charge in [-0.25, -0.2) is 9.36 Å². The molecule has 14 heteroatoms. The lowest BCUT2D eigenvalue weighted by atomic mass is 10.1. The van der Waals surface area contributed by atoms with Gasteiger partial charge in [-0.3, -0.25) is 22.9 Å². The van der Waals surface area contributed by atoms with Gasteiger partial charge in [0.1, 0.15) is 11.9 Å². The van der Waals surface area contributed by atoms with E-state index in [2.05, 4.69) is 4.98 Å². The van der Waals surface area contributed by atoms with Gasteiger partial charge in [0.25, 0.3) is 0 Å². The number of aliphatic carboxylic acids is 1. The lowest BCUT2D eigenvalue weighted by Gasteiger charge is -2.31. The molecule has 0 bridgehead atoms. The molecule has 2 aliphatic heterocycles. The fraction of sp³-hybridized carbons (Fsp3) is 0.643. The third kappa shape index (κ3) is 3.94. The number of ether oxygens (including phenoxy) is 1. The van der Waals surface area contributed by atoms with Gasteiger partial charge in [0.15, 0.2) is 6.10 Å². The smallest absolute Gasteiger partial charge is 0.475 e. The third-order valence-electron chi connectivity index (χ3n) is 4.32. The quantitative estimate of drug-likeness (QED) is 0.632. The molecule has 3 rings (SSSR count). The van der Waals surface area contributed by atoms with E-state index in [1.807, 2.05) is 0 Å². The number of rotatable bonds is 6. The summed E-state index contributed by atoms with van der Waals surface area (Å²) in [6.45, 7) is 0.543. The lowest BCUT2D eigenvalue weighted by molar-refractivity contribution is -0.142. The Labute approximate surface area is 157 Å². The van der Waals surface area contributed by atoms with Gasteiger partial charge in [-0.2, -0.15) is 13.8 Å². The van der Waals surface area contributed by atoms with E-state index in [1.165, 1.54) is 6.92 Å². The standard InChI is InChI=1S/C14H18F2N3O8P/c1-7(11(20)21)3-5-24-28(23)25-6-8-10(27-28)14(15,16)12(26-8)19-4-2-9(17)18-13(19)22/h2,4,7-8,10,12H,3,5-6H2,1H3,(H,20,21)(H2,17,18,22)/t7?,8-,10-,12-,28+/m1/s1. The number of phosphoric acid groups is 1. The van der Waals surface area contributed by atoms with Crippen LogP contribution in [0.15, 0.2) is 17.1 Å². The molecule has 0 saturated carbocycles. The Bertz CT molecular complexity index is 865. The molecule has 2 saturated heterocycles. The number of phosphoric ester groups is 1. The van der Waals surface area contributed by atoms with Gasteiger partial charge < -0.3 is 15.6 Å². The number of hydrogen-bond acceptors (Lipinski definition) is 9. The van der Waals surface area contributed by atoms with Crippen LogP contribution < -0.4 is 11.4 Å². The summed E-state index contributed by atoms with van der Waals surface area (Å²) in [7, 11) is -4.36. The van der Waals surface area contributed by atoms with E-state index in [0.29, 0.717) is 4.57 Å². The Morgan fingerprint density at radius 2 is 2.32 bits per heavy atom. The van der Waals surface area contributed by atoms with E-state index in [-0.39, 0.29) is 18.8 Å². The van der Waals surface area contributed by atoms with Crippen LogP contribution in [0.4, 0.5) is 14.6 Å². The molecule has 0 aromatic carbocycles. The molecule has 0 aliphatic carbocycles. The van der Waals surface area contributed by atoms with Crippen LogP contribution in [0.3, 0.4) is 0 Å². The number of halogens is 2. The first kappa shape index (κ1) is 20.8. The SMILES string of the molecule is CC(CCO[P@@]1(=O)OC[C@H]2O[C@@H](n3ccc(N)nc3=O)C(F)(F)[C@@H]2O1)C(=O)O. The van der Waals surface area contributed by atoms with Gasteiger partial charge in [-0.1, -0.05) is 6.92 Å². The van der Waals surface area contributed by atoms with Crippen LogP contribution in [0.25, 0.3) is 0 Å². The Morgan fingerprint density at radius 3 is 2.96 bits per heavy atom. The molecule has 5 atom stereocenters. The molecule has 0 radical (unpaired) electrons. The van der Waals surface area contributed by atoms with Crippen molar-refractivity contribution in [2.24, 2.45) is 5.92 Å². The van der Waals surface area contributed by atoms with Crippen LogP contribution in [-0.4, -0.2) is 52.0 Å². The second kappa shape index (κ2) is 7.48. The first-order valence-electron chi connectivity index (χ1n) is 8.22. The molecule has 0 amide bonds. The Morgan fingerprint density at radius 1 is 1.61 bits per heavy atom. The zero-order chi connectivity index (χ0) is 20.7. The fourth-order valence-corrected chi connectivity index (χ4v) is 4.11.